The third-order valence-electron chi connectivity index (χ3n) is 2.15. The lowest BCUT2D eigenvalue weighted by Gasteiger charge is -2.06. The SMILES string of the molecule is Cc1c(Cl)ncnc1-c1ccccc1F. The van der Waals surface area contributed by atoms with Gasteiger partial charge in [0.2, 0.25) is 0 Å². The molecule has 0 aliphatic heterocycles. The molecule has 0 aliphatic carbocycles. The zero-order valence-corrected chi connectivity index (χ0v) is 8.79. The van der Waals surface area contributed by atoms with Gasteiger partial charge in [0, 0.05) is 11.1 Å². The van der Waals surface area contributed by atoms with Gasteiger partial charge in [-0.05, 0) is 19.1 Å². The summed E-state index contributed by atoms with van der Waals surface area (Å²) in [6.07, 6.45) is 1.33. The summed E-state index contributed by atoms with van der Waals surface area (Å²) >= 11 is 5.84. The first-order chi connectivity index (χ1) is 7.20. The minimum Gasteiger partial charge on any atom is -0.236 e. The van der Waals surface area contributed by atoms with Gasteiger partial charge in [0.1, 0.15) is 17.3 Å². The third-order valence-corrected chi connectivity index (χ3v) is 2.53. The summed E-state index contributed by atoms with van der Waals surface area (Å²) in [5.41, 5.74) is 1.66. The Labute approximate surface area is 91.8 Å². The van der Waals surface area contributed by atoms with Crippen molar-refractivity contribution in [3.8, 4) is 11.3 Å². The Bertz CT molecular complexity index is 500. The highest BCUT2D eigenvalue weighted by atomic mass is 35.5. The van der Waals surface area contributed by atoms with Crippen molar-refractivity contribution < 1.29 is 4.39 Å². The van der Waals surface area contributed by atoms with Gasteiger partial charge in [0.25, 0.3) is 0 Å². The number of nitrogens with zero attached hydrogens (tertiary/aromatic N) is 2. The summed E-state index contributed by atoms with van der Waals surface area (Å²) in [6.45, 7) is 1.77. The van der Waals surface area contributed by atoms with Gasteiger partial charge in [-0.3, -0.25) is 0 Å². The van der Waals surface area contributed by atoms with Crippen molar-refractivity contribution in [3.63, 3.8) is 0 Å². The number of halogens is 2. The average molecular weight is 223 g/mol. The summed E-state index contributed by atoms with van der Waals surface area (Å²) in [6, 6.07) is 6.45. The summed E-state index contributed by atoms with van der Waals surface area (Å²) in [5.74, 6) is -0.310. The molecule has 1 aromatic carbocycles. The van der Waals surface area contributed by atoms with E-state index >= 15 is 0 Å². The van der Waals surface area contributed by atoms with Gasteiger partial charge < -0.3 is 0 Å². The lowest BCUT2D eigenvalue weighted by molar-refractivity contribution is 0.630. The maximum Gasteiger partial charge on any atom is 0.135 e. The smallest absolute Gasteiger partial charge is 0.135 e. The molecule has 1 aromatic heterocycles. The fraction of sp³-hybridized carbons (Fsp3) is 0.0909. The Morgan fingerprint density at radius 1 is 1.20 bits per heavy atom. The van der Waals surface area contributed by atoms with E-state index in [1.54, 1.807) is 25.1 Å². The van der Waals surface area contributed by atoms with Gasteiger partial charge in [0.15, 0.2) is 0 Å². The molecule has 0 N–H and O–H groups in total. The zero-order valence-electron chi connectivity index (χ0n) is 8.04. The molecule has 0 radical (unpaired) electrons. The van der Waals surface area contributed by atoms with E-state index in [1.807, 2.05) is 0 Å². The number of hydrogen-bond acceptors (Lipinski definition) is 2. The van der Waals surface area contributed by atoms with Crippen LogP contribution in [0, 0.1) is 12.7 Å². The fourth-order valence-corrected chi connectivity index (χ4v) is 1.49. The van der Waals surface area contributed by atoms with Crippen LogP contribution in [0.5, 0.6) is 0 Å². The van der Waals surface area contributed by atoms with E-state index in [-0.39, 0.29) is 5.82 Å². The Balaban J connectivity index is 2.65. The van der Waals surface area contributed by atoms with Gasteiger partial charge in [-0.1, -0.05) is 23.7 Å². The van der Waals surface area contributed by atoms with Gasteiger partial charge in [-0.25, -0.2) is 14.4 Å². The molecule has 0 spiro atoms. The molecule has 0 bridgehead atoms. The van der Waals surface area contributed by atoms with Crippen LogP contribution in [0.25, 0.3) is 11.3 Å². The van der Waals surface area contributed by atoms with E-state index in [0.29, 0.717) is 22.0 Å². The highest BCUT2D eigenvalue weighted by molar-refractivity contribution is 6.30. The standard InChI is InChI=1S/C11H8ClFN2/c1-7-10(14-6-15-11(7)12)8-4-2-3-5-9(8)13/h2-6H,1H3. The van der Waals surface area contributed by atoms with Crippen LogP contribution in [0.15, 0.2) is 30.6 Å². The van der Waals surface area contributed by atoms with Crippen molar-refractivity contribution >= 4 is 11.6 Å². The second-order valence-corrected chi connectivity index (χ2v) is 3.48. The molecule has 0 unspecified atom stereocenters. The van der Waals surface area contributed by atoms with Crippen molar-refractivity contribution in [2.45, 2.75) is 6.92 Å². The summed E-state index contributed by atoms with van der Waals surface area (Å²) in [4.78, 5) is 7.86. The number of hydrogen-bond donors (Lipinski definition) is 0. The molecule has 0 atom stereocenters. The lowest BCUT2D eigenvalue weighted by Crippen LogP contribution is -1.93. The molecule has 2 rings (SSSR count). The van der Waals surface area contributed by atoms with Crippen LogP contribution in [0.3, 0.4) is 0 Å². The Morgan fingerprint density at radius 2 is 1.93 bits per heavy atom. The van der Waals surface area contributed by atoms with Crippen LogP contribution in [-0.4, -0.2) is 9.97 Å². The van der Waals surface area contributed by atoms with Crippen molar-refractivity contribution in [1.29, 1.82) is 0 Å². The fourth-order valence-electron chi connectivity index (χ4n) is 1.35. The largest absolute Gasteiger partial charge is 0.236 e. The molecular formula is C11H8ClFN2. The first kappa shape index (κ1) is 10.1. The zero-order chi connectivity index (χ0) is 10.8. The molecule has 2 nitrogen and oxygen atoms in total. The van der Waals surface area contributed by atoms with Crippen molar-refractivity contribution in [2.75, 3.05) is 0 Å². The second kappa shape index (κ2) is 3.95. The predicted molar refractivity (Wildman–Crippen MR) is 57.2 cm³/mol. The van der Waals surface area contributed by atoms with Crippen molar-refractivity contribution in [1.82, 2.24) is 9.97 Å². The Morgan fingerprint density at radius 3 is 2.67 bits per heavy atom. The molecule has 15 heavy (non-hydrogen) atoms. The Hall–Kier alpha value is -1.48. The first-order valence-corrected chi connectivity index (χ1v) is 4.80. The molecular weight excluding hydrogens is 215 g/mol. The second-order valence-electron chi connectivity index (χ2n) is 3.12. The quantitative estimate of drug-likeness (QED) is 0.693. The molecule has 0 aliphatic rings. The maximum absolute atomic E-state index is 13.5. The predicted octanol–water partition coefficient (Wildman–Crippen LogP) is 3.24. The van der Waals surface area contributed by atoms with Crippen LogP contribution in [0.4, 0.5) is 4.39 Å². The Kier molecular flexibility index (Phi) is 2.64. The average Bonchev–Trinajstić information content (AvgIpc) is 2.23. The van der Waals surface area contributed by atoms with Crippen LogP contribution in [-0.2, 0) is 0 Å². The van der Waals surface area contributed by atoms with E-state index in [4.69, 9.17) is 11.6 Å². The van der Waals surface area contributed by atoms with Gasteiger partial charge in [-0.2, -0.15) is 0 Å². The topological polar surface area (TPSA) is 25.8 Å². The molecule has 0 fully saturated rings. The highest BCUT2D eigenvalue weighted by Crippen LogP contribution is 2.26. The number of aromatic nitrogens is 2. The van der Waals surface area contributed by atoms with Crippen LogP contribution >= 0.6 is 11.6 Å². The maximum atomic E-state index is 13.5. The van der Waals surface area contributed by atoms with E-state index < -0.39 is 0 Å². The minimum absolute atomic E-state index is 0.310. The third kappa shape index (κ3) is 1.83. The monoisotopic (exact) mass is 222 g/mol. The summed E-state index contributed by atoms with van der Waals surface area (Å²) in [5, 5.41) is 0.350. The van der Waals surface area contributed by atoms with Crippen LogP contribution < -0.4 is 0 Å². The van der Waals surface area contributed by atoms with Gasteiger partial charge in [0.05, 0.1) is 5.69 Å². The van der Waals surface area contributed by atoms with Crippen LogP contribution in [0.1, 0.15) is 5.56 Å². The van der Waals surface area contributed by atoms with E-state index in [0.717, 1.165) is 0 Å². The highest BCUT2D eigenvalue weighted by Gasteiger charge is 2.10. The molecule has 0 amide bonds. The summed E-state index contributed by atoms with van der Waals surface area (Å²) < 4.78 is 13.5. The number of benzene rings is 1. The van der Waals surface area contributed by atoms with Crippen molar-refractivity contribution in [2.24, 2.45) is 0 Å². The van der Waals surface area contributed by atoms with E-state index in [9.17, 15) is 4.39 Å². The molecule has 76 valence electrons. The van der Waals surface area contributed by atoms with Gasteiger partial charge in [-0.15, -0.1) is 0 Å². The normalized spacial score (nSPS) is 10.3. The van der Waals surface area contributed by atoms with E-state index in [2.05, 4.69) is 9.97 Å². The summed E-state index contributed by atoms with van der Waals surface area (Å²) in [7, 11) is 0. The minimum atomic E-state index is -0.310. The van der Waals surface area contributed by atoms with Gasteiger partial charge >= 0.3 is 0 Å². The molecule has 2 aromatic rings. The molecule has 0 saturated heterocycles. The molecule has 1 heterocycles. The van der Waals surface area contributed by atoms with Crippen molar-refractivity contribution in [3.05, 3.63) is 47.1 Å². The first-order valence-electron chi connectivity index (χ1n) is 4.42. The number of rotatable bonds is 1. The molecule has 0 saturated carbocycles. The van der Waals surface area contributed by atoms with E-state index in [1.165, 1.54) is 12.4 Å². The lowest BCUT2D eigenvalue weighted by atomic mass is 10.1. The van der Waals surface area contributed by atoms with Crippen LogP contribution in [0.2, 0.25) is 5.15 Å². The molecule has 4 heteroatoms.